The van der Waals surface area contributed by atoms with Gasteiger partial charge in [0.2, 0.25) is 0 Å². The van der Waals surface area contributed by atoms with E-state index in [0.717, 1.165) is 5.69 Å². The predicted molar refractivity (Wildman–Crippen MR) is 80.9 cm³/mol. The fraction of sp³-hybridized carbons (Fsp3) is 0.667. The molecule has 0 unspecified atom stereocenters. The number of rotatable bonds is 4. The lowest BCUT2D eigenvalue weighted by Crippen LogP contribution is -2.47. The normalized spacial score (nSPS) is 18.7. The second-order valence-corrected chi connectivity index (χ2v) is 11.9. The highest BCUT2D eigenvalue weighted by Gasteiger charge is 2.40. The number of ether oxygens (including phenoxy) is 1. The van der Waals surface area contributed by atoms with Crippen LogP contribution in [0.2, 0.25) is 18.1 Å². The van der Waals surface area contributed by atoms with Gasteiger partial charge in [0.1, 0.15) is 0 Å². The monoisotopic (exact) mass is 295 g/mol. The molecule has 0 atom stereocenters. The van der Waals surface area contributed by atoms with Crippen molar-refractivity contribution in [2.24, 2.45) is 0 Å². The molecule has 1 aliphatic rings. The molecule has 1 aromatic rings. The van der Waals surface area contributed by atoms with Gasteiger partial charge >= 0.3 is 0 Å². The minimum Gasteiger partial charge on any atom is -0.411 e. The number of hydrogen-bond donors (Lipinski definition) is 1. The van der Waals surface area contributed by atoms with E-state index in [0.29, 0.717) is 25.5 Å². The third-order valence-corrected chi connectivity index (χ3v) is 8.83. The third kappa shape index (κ3) is 3.11. The quantitative estimate of drug-likeness (QED) is 0.868. The SMILES string of the molecule is CC(C)(C)[Si](C)(C)OCc1cccc(C2(O)COC2)n1. The minimum absolute atomic E-state index is 0.185. The fourth-order valence-corrected chi connectivity index (χ4v) is 2.68. The van der Waals surface area contributed by atoms with Gasteiger partial charge in [0.05, 0.1) is 31.2 Å². The van der Waals surface area contributed by atoms with Crippen molar-refractivity contribution in [2.45, 2.75) is 51.1 Å². The first kappa shape index (κ1) is 15.6. The molecule has 112 valence electrons. The summed E-state index contributed by atoms with van der Waals surface area (Å²) in [4.78, 5) is 4.52. The van der Waals surface area contributed by atoms with E-state index in [9.17, 15) is 5.11 Å². The Morgan fingerprint density at radius 3 is 2.50 bits per heavy atom. The molecule has 0 aliphatic carbocycles. The van der Waals surface area contributed by atoms with Crippen molar-refractivity contribution in [3.05, 3.63) is 29.6 Å². The van der Waals surface area contributed by atoms with Crippen LogP contribution in [-0.2, 0) is 21.4 Å². The molecule has 0 spiro atoms. The van der Waals surface area contributed by atoms with Crippen molar-refractivity contribution < 1.29 is 14.3 Å². The van der Waals surface area contributed by atoms with E-state index in [4.69, 9.17) is 9.16 Å². The van der Waals surface area contributed by atoms with E-state index in [2.05, 4.69) is 38.8 Å². The summed E-state index contributed by atoms with van der Waals surface area (Å²) < 4.78 is 11.2. The average molecular weight is 295 g/mol. The molecule has 1 saturated heterocycles. The first-order valence-electron chi connectivity index (χ1n) is 7.05. The van der Waals surface area contributed by atoms with E-state index in [1.165, 1.54) is 0 Å². The van der Waals surface area contributed by atoms with Gasteiger partial charge in [-0.25, -0.2) is 0 Å². The van der Waals surface area contributed by atoms with Crippen LogP contribution in [0.25, 0.3) is 0 Å². The van der Waals surface area contributed by atoms with Gasteiger partial charge < -0.3 is 14.3 Å². The van der Waals surface area contributed by atoms with E-state index < -0.39 is 13.9 Å². The van der Waals surface area contributed by atoms with Crippen LogP contribution >= 0.6 is 0 Å². The van der Waals surface area contributed by atoms with Crippen molar-refractivity contribution in [2.75, 3.05) is 13.2 Å². The van der Waals surface area contributed by atoms with E-state index in [1.807, 2.05) is 18.2 Å². The Bertz CT molecular complexity index is 478. The molecule has 5 heteroatoms. The number of aliphatic hydroxyl groups is 1. The van der Waals surface area contributed by atoms with Crippen LogP contribution in [0.3, 0.4) is 0 Å². The molecule has 0 radical (unpaired) electrons. The molecule has 20 heavy (non-hydrogen) atoms. The molecule has 0 aromatic carbocycles. The highest BCUT2D eigenvalue weighted by molar-refractivity contribution is 6.74. The van der Waals surface area contributed by atoms with Crippen LogP contribution in [0.5, 0.6) is 0 Å². The first-order valence-corrected chi connectivity index (χ1v) is 9.95. The lowest BCUT2D eigenvalue weighted by atomic mass is 9.97. The molecule has 4 nitrogen and oxygen atoms in total. The van der Waals surface area contributed by atoms with E-state index >= 15 is 0 Å². The molecule has 2 heterocycles. The molecule has 1 N–H and O–H groups in total. The van der Waals surface area contributed by atoms with Crippen LogP contribution in [-0.4, -0.2) is 31.6 Å². The number of pyridine rings is 1. The Morgan fingerprint density at radius 1 is 1.35 bits per heavy atom. The molecule has 0 saturated carbocycles. The van der Waals surface area contributed by atoms with Crippen molar-refractivity contribution in [3.8, 4) is 0 Å². The maximum absolute atomic E-state index is 10.2. The second-order valence-electron chi connectivity index (χ2n) is 7.09. The lowest BCUT2D eigenvalue weighted by Gasteiger charge is -2.37. The Morgan fingerprint density at radius 2 is 2.00 bits per heavy atom. The van der Waals surface area contributed by atoms with Gasteiger partial charge in [-0.2, -0.15) is 0 Å². The highest BCUT2D eigenvalue weighted by Crippen LogP contribution is 2.37. The lowest BCUT2D eigenvalue weighted by molar-refractivity contribution is -0.187. The van der Waals surface area contributed by atoms with Gasteiger partial charge in [0.25, 0.3) is 0 Å². The zero-order chi connectivity index (χ0) is 15.0. The Balaban J connectivity index is 2.06. The van der Waals surface area contributed by atoms with Gasteiger partial charge in [0, 0.05) is 0 Å². The van der Waals surface area contributed by atoms with Gasteiger partial charge in [-0.15, -0.1) is 0 Å². The number of nitrogens with zero attached hydrogens (tertiary/aromatic N) is 1. The van der Waals surface area contributed by atoms with Gasteiger partial charge in [0.15, 0.2) is 13.9 Å². The third-order valence-electron chi connectivity index (χ3n) is 4.35. The summed E-state index contributed by atoms with van der Waals surface area (Å²) in [5.41, 5.74) is 0.639. The summed E-state index contributed by atoms with van der Waals surface area (Å²) in [6, 6.07) is 5.71. The van der Waals surface area contributed by atoms with Gasteiger partial charge in [-0.05, 0) is 30.3 Å². The second kappa shape index (κ2) is 5.22. The zero-order valence-electron chi connectivity index (χ0n) is 13.1. The molecule has 1 aromatic heterocycles. The topological polar surface area (TPSA) is 51.6 Å². The Hall–Kier alpha value is -0.753. The summed E-state index contributed by atoms with van der Waals surface area (Å²) in [7, 11) is -1.77. The average Bonchev–Trinajstić information content (AvgIpc) is 2.32. The predicted octanol–water partition coefficient (Wildman–Crippen LogP) is 2.82. The molecular formula is C15H25NO3Si. The summed E-state index contributed by atoms with van der Waals surface area (Å²) in [6.45, 7) is 12.3. The summed E-state index contributed by atoms with van der Waals surface area (Å²) >= 11 is 0. The summed E-state index contributed by atoms with van der Waals surface area (Å²) in [5.74, 6) is 0. The maximum Gasteiger partial charge on any atom is 0.192 e. The number of aromatic nitrogens is 1. The highest BCUT2D eigenvalue weighted by atomic mass is 28.4. The van der Waals surface area contributed by atoms with Gasteiger partial charge in [-0.1, -0.05) is 26.8 Å². The smallest absolute Gasteiger partial charge is 0.192 e. The Kier molecular flexibility index (Phi) is 4.08. The fourth-order valence-electron chi connectivity index (χ4n) is 1.73. The molecule has 0 bridgehead atoms. The van der Waals surface area contributed by atoms with Crippen LogP contribution in [0.1, 0.15) is 32.2 Å². The van der Waals surface area contributed by atoms with Crippen LogP contribution in [0, 0.1) is 0 Å². The maximum atomic E-state index is 10.2. The van der Waals surface area contributed by atoms with E-state index in [1.54, 1.807) is 0 Å². The molecule has 2 rings (SSSR count). The Labute approximate surface area is 122 Å². The summed E-state index contributed by atoms with van der Waals surface area (Å²) in [6.07, 6.45) is 0. The van der Waals surface area contributed by atoms with Crippen molar-refractivity contribution >= 4 is 8.32 Å². The minimum atomic E-state index is -1.77. The number of hydrogen-bond acceptors (Lipinski definition) is 4. The zero-order valence-corrected chi connectivity index (χ0v) is 14.1. The van der Waals surface area contributed by atoms with E-state index in [-0.39, 0.29) is 5.04 Å². The van der Waals surface area contributed by atoms with Crippen molar-refractivity contribution in [1.82, 2.24) is 4.98 Å². The molecular weight excluding hydrogens is 270 g/mol. The van der Waals surface area contributed by atoms with Crippen LogP contribution < -0.4 is 0 Å². The first-order chi connectivity index (χ1) is 9.14. The molecule has 1 aliphatic heterocycles. The molecule has 1 fully saturated rings. The van der Waals surface area contributed by atoms with Crippen molar-refractivity contribution in [1.29, 1.82) is 0 Å². The standard InChI is InChI=1S/C15H25NO3Si/c1-14(2,3)20(4,5)19-9-12-7-6-8-13(16-12)15(17)10-18-11-15/h6-8,17H,9-11H2,1-5H3. The largest absolute Gasteiger partial charge is 0.411 e. The van der Waals surface area contributed by atoms with Crippen LogP contribution in [0.4, 0.5) is 0 Å². The van der Waals surface area contributed by atoms with Crippen LogP contribution in [0.15, 0.2) is 18.2 Å². The molecule has 0 amide bonds. The summed E-state index contributed by atoms with van der Waals surface area (Å²) in [5, 5.41) is 10.4. The van der Waals surface area contributed by atoms with Crippen molar-refractivity contribution in [3.63, 3.8) is 0 Å². The van der Waals surface area contributed by atoms with Gasteiger partial charge in [-0.3, -0.25) is 4.98 Å².